The van der Waals surface area contributed by atoms with Crippen molar-refractivity contribution in [3.05, 3.63) is 59.9 Å². The lowest BCUT2D eigenvalue weighted by atomic mass is 10.2. The van der Waals surface area contributed by atoms with Gasteiger partial charge in [0.1, 0.15) is 5.82 Å². The molecular formula is C14H12FNO3S. The van der Waals surface area contributed by atoms with Crippen molar-refractivity contribution in [2.24, 2.45) is 0 Å². The van der Waals surface area contributed by atoms with Crippen LogP contribution >= 0.6 is 0 Å². The first-order valence-corrected chi connectivity index (χ1v) is 7.62. The van der Waals surface area contributed by atoms with Crippen LogP contribution in [0.4, 0.5) is 10.1 Å². The Morgan fingerprint density at radius 2 is 1.75 bits per heavy atom. The molecule has 0 aliphatic heterocycles. The van der Waals surface area contributed by atoms with E-state index in [1.807, 2.05) is 0 Å². The molecule has 0 fully saturated rings. The standard InChI is InChI=1S/C14H12FNO3S/c1-20(18,19)13-4-2-3-12(9-13)16-14(17)10-5-7-11(15)8-6-10/h2-9H,1H3,(H,16,17). The summed E-state index contributed by atoms with van der Waals surface area (Å²) in [4.78, 5) is 12.0. The normalized spacial score (nSPS) is 11.1. The third kappa shape index (κ3) is 3.42. The maximum Gasteiger partial charge on any atom is 0.255 e. The molecule has 1 N–H and O–H groups in total. The van der Waals surface area contributed by atoms with Crippen LogP contribution in [-0.4, -0.2) is 20.6 Å². The number of hydrogen-bond donors (Lipinski definition) is 1. The summed E-state index contributed by atoms with van der Waals surface area (Å²) < 4.78 is 35.6. The van der Waals surface area contributed by atoms with Gasteiger partial charge in [0, 0.05) is 17.5 Å². The quantitative estimate of drug-likeness (QED) is 0.945. The average Bonchev–Trinajstić information content (AvgIpc) is 2.38. The number of amides is 1. The van der Waals surface area contributed by atoms with Crippen LogP contribution < -0.4 is 5.32 Å². The third-order valence-corrected chi connectivity index (χ3v) is 3.74. The molecule has 2 rings (SSSR count). The van der Waals surface area contributed by atoms with Gasteiger partial charge in [-0.05, 0) is 42.5 Å². The van der Waals surface area contributed by atoms with Gasteiger partial charge in [-0.25, -0.2) is 12.8 Å². The molecule has 0 aromatic heterocycles. The Hall–Kier alpha value is -2.21. The Bertz CT molecular complexity index is 739. The molecule has 0 atom stereocenters. The minimum absolute atomic E-state index is 0.120. The molecular weight excluding hydrogens is 281 g/mol. The highest BCUT2D eigenvalue weighted by molar-refractivity contribution is 7.90. The molecule has 104 valence electrons. The molecule has 0 radical (unpaired) electrons. The molecule has 0 bridgehead atoms. The third-order valence-electron chi connectivity index (χ3n) is 2.63. The van der Waals surface area contributed by atoms with Crippen molar-refractivity contribution in [3.8, 4) is 0 Å². The van der Waals surface area contributed by atoms with Crippen LogP contribution in [-0.2, 0) is 9.84 Å². The number of benzene rings is 2. The fourth-order valence-electron chi connectivity index (χ4n) is 1.61. The summed E-state index contributed by atoms with van der Waals surface area (Å²) in [5, 5.41) is 2.56. The molecule has 0 saturated carbocycles. The fraction of sp³-hybridized carbons (Fsp3) is 0.0714. The minimum atomic E-state index is -3.33. The molecule has 6 heteroatoms. The lowest BCUT2D eigenvalue weighted by Crippen LogP contribution is -2.12. The van der Waals surface area contributed by atoms with E-state index in [0.29, 0.717) is 5.69 Å². The van der Waals surface area contributed by atoms with Crippen LogP contribution in [0.2, 0.25) is 0 Å². The van der Waals surface area contributed by atoms with E-state index in [1.165, 1.54) is 42.5 Å². The molecule has 1 amide bonds. The molecule has 2 aromatic rings. The van der Waals surface area contributed by atoms with Crippen molar-refractivity contribution in [1.29, 1.82) is 0 Å². The molecule has 0 unspecified atom stereocenters. The number of sulfone groups is 1. The van der Waals surface area contributed by atoms with Gasteiger partial charge in [0.15, 0.2) is 9.84 Å². The van der Waals surface area contributed by atoms with Gasteiger partial charge in [0.2, 0.25) is 0 Å². The summed E-state index contributed by atoms with van der Waals surface area (Å²) in [6.07, 6.45) is 1.09. The summed E-state index contributed by atoms with van der Waals surface area (Å²) in [7, 11) is -3.33. The predicted octanol–water partition coefficient (Wildman–Crippen LogP) is 2.48. The second kappa shape index (κ2) is 5.42. The van der Waals surface area contributed by atoms with Gasteiger partial charge < -0.3 is 5.32 Å². The van der Waals surface area contributed by atoms with Gasteiger partial charge >= 0.3 is 0 Å². The molecule has 20 heavy (non-hydrogen) atoms. The van der Waals surface area contributed by atoms with Gasteiger partial charge in [-0.1, -0.05) is 6.07 Å². The van der Waals surface area contributed by atoms with Crippen LogP contribution in [0.5, 0.6) is 0 Å². The van der Waals surface area contributed by atoms with E-state index < -0.39 is 21.6 Å². The molecule has 0 aliphatic rings. The Morgan fingerprint density at radius 1 is 1.10 bits per heavy atom. The molecule has 2 aromatic carbocycles. The Kier molecular flexibility index (Phi) is 3.85. The van der Waals surface area contributed by atoms with E-state index in [1.54, 1.807) is 6.07 Å². The molecule has 0 heterocycles. The Balaban J connectivity index is 2.22. The smallest absolute Gasteiger partial charge is 0.255 e. The fourth-order valence-corrected chi connectivity index (χ4v) is 2.28. The van der Waals surface area contributed by atoms with Crippen LogP contribution in [0, 0.1) is 5.82 Å². The number of nitrogens with one attached hydrogen (secondary N) is 1. The Morgan fingerprint density at radius 3 is 2.35 bits per heavy atom. The number of hydrogen-bond acceptors (Lipinski definition) is 3. The second-order valence-corrected chi connectivity index (χ2v) is 6.28. The van der Waals surface area contributed by atoms with E-state index in [-0.39, 0.29) is 10.5 Å². The van der Waals surface area contributed by atoms with Crippen molar-refractivity contribution >= 4 is 21.4 Å². The van der Waals surface area contributed by atoms with E-state index in [4.69, 9.17) is 0 Å². The largest absolute Gasteiger partial charge is 0.322 e. The summed E-state index contributed by atoms with van der Waals surface area (Å²) >= 11 is 0. The summed E-state index contributed by atoms with van der Waals surface area (Å²) in [5.41, 5.74) is 0.651. The van der Waals surface area contributed by atoms with Gasteiger partial charge in [-0.15, -0.1) is 0 Å². The van der Waals surface area contributed by atoms with E-state index >= 15 is 0 Å². The molecule has 0 spiro atoms. The Labute approximate surface area is 116 Å². The van der Waals surface area contributed by atoms with Gasteiger partial charge in [0.05, 0.1) is 4.90 Å². The molecule has 0 aliphatic carbocycles. The molecule has 0 saturated heterocycles. The van der Waals surface area contributed by atoms with Crippen LogP contribution in [0.1, 0.15) is 10.4 Å². The average molecular weight is 293 g/mol. The van der Waals surface area contributed by atoms with Gasteiger partial charge in [-0.3, -0.25) is 4.79 Å². The first-order valence-electron chi connectivity index (χ1n) is 5.73. The zero-order valence-electron chi connectivity index (χ0n) is 10.6. The molecule has 4 nitrogen and oxygen atoms in total. The van der Waals surface area contributed by atoms with Crippen molar-refractivity contribution in [1.82, 2.24) is 0 Å². The van der Waals surface area contributed by atoms with Crippen molar-refractivity contribution in [2.45, 2.75) is 4.90 Å². The zero-order chi connectivity index (χ0) is 14.8. The van der Waals surface area contributed by atoms with E-state index in [0.717, 1.165) is 6.26 Å². The SMILES string of the molecule is CS(=O)(=O)c1cccc(NC(=O)c2ccc(F)cc2)c1. The van der Waals surface area contributed by atoms with E-state index in [2.05, 4.69) is 5.32 Å². The van der Waals surface area contributed by atoms with Crippen LogP contribution in [0.15, 0.2) is 53.4 Å². The topological polar surface area (TPSA) is 63.2 Å². The van der Waals surface area contributed by atoms with Crippen molar-refractivity contribution in [2.75, 3.05) is 11.6 Å². The minimum Gasteiger partial charge on any atom is -0.322 e. The number of anilines is 1. The zero-order valence-corrected chi connectivity index (χ0v) is 11.4. The van der Waals surface area contributed by atoms with Crippen LogP contribution in [0.25, 0.3) is 0 Å². The first-order chi connectivity index (χ1) is 9.36. The van der Waals surface area contributed by atoms with Crippen molar-refractivity contribution < 1.29 is 17.6 Å². The maximum atomic E-state index is 12.8. The summed E-state index contributed by atoms with van der Waals surface area (Å²) in [5.74, 6) is -0.865. The van der Waals surface area contributed by atoms with Gasteiger partial charge in [0.25, 0.3) is 5.91 Å². The highest BCUT2D eigenvalue weighted by atomic mass is 32.2. The second-order valence-electron chi connectivity index (χ2n) is 4.26. The van der Waals surface area contributed by atoms with Crippen LogP contribution in [0.3, 0.4) is 0 Å². The predicted molar refractivity (Wildman–Crippen MR) is 73.9 cm³/mol. The first kappa shape index (κ1) is 14.2. The van der Waals surface area contributed by atoms with Gasteiger partial charge in [-0.2, -0.15) is 0 Å². The van der Waals surface area contributed by atoms with Crippen molar-refractivity contribution in [3.63, 3.8) is 0 Å². The highest BCUT2D eigenvalue weighted by Crippen LogP contribution is 2.16. The number of carbonyl (C=O) groups is 1. The van der Waals surface area contributed by atoms with E-state index in [9.17, 15) is 17.6 Å². The summed E-state index contributed by atoms with van der Waals surface area (Å²) in [6.45, 7) is 0. The lowest BCUT2D eigenvalue weighted by Gasteiger charge is -2.06. The number of rotatable bonds is 3. The summed E-state index contributed by atoms with van der Waals surface area (Å²) in [6, 6.07) is 11.0. The number of carbonyl (C=O) groups excluding carboxylic acids is 1. The monoisotopic (exact) mass is 293 g/mol. The maximum absolute atomic E-state index is 12.8. The highest BCUT2D eigenvalue weighted by Gasteiger charge is 2.10. The number of halogens is 1. The lowest BCUT2D eigenvalue weighted by molar-refractivity contribution is 0.102.